The normalized spacial score (nSPS) is 11.8. The third-order valence-corrected chi connectivity index (χ3v) is 12.7. The highest BCUT2D eigenvalue weighted by Crippen LogP contribution is 2.36. The summed E-state index contributed by atoms with van der Waals surface area (Å²) in [5, 5.41) is 23.6. The third kappa shape index (κ3) is 5.15. The summed E-state index contributed by atoms with van der Waals surface area (Å²) >= 11 is 0. The molecular formula is C46H24N6O8S. The summed E-state index contributed by atoms with van der Waals surface area (Å²) in [7, 11) is -4.25. The van der Waals surface area contributed by atoms with Crippen molar-refractivity contribution in [2.24, 2.45) is 0 Å². The fourth-order valence-electron chi connectivity index (χ4n) is 8.18. The van der Waals surface area contributed by atoms with Crippen LogP contribution in [0.3, 0.4) is 0 Å². The molecule has 4 N–H and O–H groups in total. The fraction of sp³-hybridized carbons (Fsp3) is 0. The standard InChI is InChI=1S/C46H24N6O8S/c47-21-31-37-35-29-7-3-1-5-23(29)9-19-33(35)59-45(55)39(37)43(53)51(41(31)49)25-11-15-27(16-12-25)61(57,58)28-17-13-26(14-18-28)52-42(50)32(22-48)38-36-30-8-4-2-6-24(30)10-20-34(36)60-46(56)40(38)44(52)54/h1-20H,49-50H2. The Kier molecular flexibility index (Phi) is 7.86. The van der Waals surface area contributed by atoms with Gasteiger partial charge < -0.3 is 20.3 Å². The van der Waals surface area contributed by atoms with Crippen molar-refractivity contribution in [3.63, 3.8) is 0 Å². The predicted octanol–water partition coefficient (Wildman–Crippen LogP) is 6.55. The SMILES string of the molecule is N#Cc1c(N)n(-c2ccc(S(=O)(=O)c3ccc(-n4c(N)c(C#N)c5c(c(=O)oc6ccc7ccccc7c65)c4=O)cc3)cc2)c(=O)c2c(=O)oc3ccc4ccccc4c3c12. The van der Waals surface area contributed by atoms with E-state index >= 15 is 0 Å². The Balaban J connectivity index is 1.06. The quantitative estimate of drug-likeness (QED) is 0.142. The van der Waals surface area contributed by atoms with Gasteiger partial charge in [-0.25, -0.2) is 18.0 Å². The zero-order chi connectivity index (χ0) is 42.5. The maximum atomic E-state index is 14.1. The van der Waals surface area contributed by atoms with Gasteiger partial charge in [0.2, 0.25) is 9.84 Å². The second kappa shape index (κ2) is 13.1. The molecule has 0 amide bonds. The van der Waals surface area contributed by atoms with Crippen LogP contribution in [0.15, 0.2) is 159 Å². The number of aromatic nitrogens is 2. The number of anilines is 2. The van der Waals surface area contributed by atoms with Gasteiger partial charge in [-0.2, -0.15) is 10.5 Å². The van der Waals surface area contributed by atoms with Gasteiger partial charge in [0.1, 0.15) is 56.8 Å². The van der Waals surface area contributed by atoms with Gasteiger partial charge in [0.15, 0.2) is 0 Å². The molecular weight excluding hydrogens is 797 g/mol. The van der Waals surface area contributed by atoms with Gasteiger partial charge in [0, 0.05) is 21.5 Å². The number of nitrogen functional groups attached to an aromatic ring is 2. The van der Waals surface area contributed by atoms with E-state index in [2.05, 4.69) is 0 Å². The van der Waals surface area contributed by atoms with Crippen molar-refractivity contribution in [2.45, 2.75) is 9.79 Å². The first-order chi connectivity index (χ1) is 29.4. The molecule has 0 bridgehead atoms. The molecule has 0 atom stereocenters. The number of pyridine rings is 2. The fourth-order valence-corrected chi connectivity index (χ4v) is 9.44. The van der Waals surface area contributed by atoms with Gasteiger partial charge in [-0.05, 0) is 82.2 Å². The Morgan fingerprint density at radius 3 is 1.23 bits per heavy atom. The van der Waals surface area contributed by atoms with Crippen molar-refractivity contribution >= 4 is 86.5 Å². The summed E-state index contributed by atoms with van der Waals surface area (Å²) in [6, 6.07) is 35.3. The summed E-state index contributed by atoms with van der Waals surface area (Å²) in [6.07, 6.45) is 0. The number of sulfone groups is 1. The summed E-state index contributed by atoms with van der Waals surface area (Å²) in [4.78, 5) is 54.4. The molecule has 0 radical (unpaired) electrons. The second-order valence-electron chi connectivity index (χ2n) is 14.1. The molecule has 10 rings (SSSR count). The van der Waals surface area contributed by atoms with Crippen molar-refractivity contribution in [3.8, 4) is 23.5 Å². The van der Waals surface area contributed by atoms with Crippen molar-refractivity contribution in [2.75, 3.05) is 11.5 Å². The molecule has 15 heteroatoms. The van der Waals surface area contributed by atoms with Gasteiger partial charge in [-0.3, -0.25) is 18.7 Å². The summed E-state index contributed by atoms with van der Waals surface area (Å²) < 4.78 is 40.9. The predicted molar refractivity (Wildman–Crippen MR) is 230 cm³/mol. The Morgan fingerprint density at radius 1 is 0.475 bits per heavy atom. The molecule has 0 aliphatic carbocycles. The molecule has 4 heterocycles. The van der Waals surface area contributed by atoms with Crippen molar-refractivity contribution < 1.29 is 17.3 Å². The van der Waals surface area contributed by atoms with Gasteiger partial charge in [-0.15, -0.1) is 0 Å². The van der Waals surface area contributed by atoms with E-state index in [-0.39, 0.29) is 65.9 Å². The van der Waals surface area contributed by atoms with Crippen molar-refractivity contribution in [1.29, 1.82) is 10.5 Å². The average molecular weight is 821 g/mol. The van der Waals surface area contributed by atoms with E-state index in [0.717, 1.165) is 19.9 Å². The van der Waals surface area contributed by atoms with Crippen LogP contribution in [0.1, 0.15) is 11.1 Å². The smallest absolute Gasteiger partial charge is 0.349 e. The maximum Gasteiger partial charge on any atom is 0.349 e. The Bertz CT molecular complexity index is 3820. The third-order valence-electron chi connectivity index (χ3n) is 11.0. The molecule has 0 unspecified atom stereocenters. The van der Waals surface area contributed by atoms with Crippen LogP contribution in [0.5, 0.6) is 0 Å². The number of nitriles is 2. The highest BCUT2D eigenvalue weighted by atomic mass is 32.2. The number of benzene rings is 6. The van der Waals surface area contributed by atoms with E-state index in [1.165, 1.54) is 48.5 Å². The maximum absolute atomic E-state index is 14.1. The number of hydrogen-bond acceptors (Lipinski definition) is 12. The first-order valence-electron chi connectivity index (χ1n) is 18.4. The van der Waals surface area contributed by atoms with Crippen LogP contribution < -0.4 is 33.8 Å². The molecule has 0 aliphatic rings. The molecule has 14 nitrogen and oxygen atoms in total. The molecule has 4 aromatic heterocycles. The minimum Gasteiger partial charge on any atom is -0.422 e. The Hall–Kier alpha value is -8.79. The molecule has 10 aromatic rings. The van der Waals surface area contributed by atoms with Crippen LogP contribution in [-0.2, 0) is 9.84 Å². The Morgan fingerprint density at radius 2 is 0.852 bits per heavy atom. The van der Waals surface area contributed by atoms with Crippen LogP contribution in [0.4, 0.5) is 11.6 Å². The van der Waals surface area contributed by atoms with Gasteiger partial charge in [-0.1, -0.05) is 60.7 Å². The van der Waals surface area contributed by atoms with Crippen molar-refractivity contribution in [1.82, 2.24) is 9.13 Å². The zero-order valence-electron chi connectivity index (χ0n) is 31.2. The van der Waals surface area contributed by atoms with Crippen LogP contribution in [-0.4, -0.2) is 17.6 Å². The van der Waals surface area contributed by atoms with E-state index in [1.54, 1.807) is 48.5 Å². The highest BCUT2D eigenvalue weighted by Gasteiger charge is 2.26. The Labute approximate surface area is 341 Å². The van der Waals surface area contributed by atoms with E-state index in [0.29, 0.717) is 21.5 Å². The largest absolute Gasteiger partial charge is 0.422 e. The van der Waals surface area contributed by atoms with Crippen molar-refractivity contribution in [3.05, 3.63) is 174 Å². The molecule has 292 valence electrons. The first kappa shape index (κ1) is 36.5. The molecule has 6 aromatic carbocycles. The van der Waals surface area contributed by atoms with Gasteiger partial charge in [0.05, 0.1) is 21.2 Å². The highest BCUT2D eigenvalue weighted by molar-refractivity contribution is 7.91. The first-order valence-corrected chi connectivity index (χ1v) is 19.8. The molecule has 0 saturated carbocycles. The number of nitrogens with two attached hydrogens (primary N) is 2. The van der Waals surface area contributed by atoms with Crippen LogP contribution in [0.25, 0.3) is 76.4 Å². The molecule has 61 heavy (non-hydrogen) atoms. The number of fused-ring (bicyclic) bond motifs is 10. The molecule has 0 fully saturated rings. The zero-order valence-corrected chi connectivity index (χ0v) is 32.0. The average Bonchev–Trinajstić information content (AvgIpc) is 3.26. The summed E-state index contributed by atoms with van der Waals surface area (Å²) in [6.45, 7) is 0. The minimum absolute atomic E-state index is 0.0501. The number of nitrogens with zero attached hydrogens (tertiary/aromatic N) is 4. The number of hydrogen-bond donors (Lipinski definition) is 2. The molecule has 0 aliphatic heterocycles. The van der Waals surface area contributed by atoms with Crippen LogP contribution >= 0.6 is 0 Å². The molecule has 0 saturated heterocycles. The van der Waals surface area contributed by atoms with Gasteiger partial charge >= 0.3 is 11.3 Å². The summed E-state index contributed by atoms with van der Waals surface area (Å²) in [5.74, 6) is -0.541. The lowest BCUT2D eigenvalue weighted by atomic mass is 9.98. The second-order valence-corrected chi connectivity index (χ2v) is 16.1. The van der Waals surface area contributed by atoms with E-state index in [9.17, 15) is 38.1 Å². The van der Waals surface area contributed by atoms with E-state index in [1.807, 2.05) is 36.4 Å². The lowest BCUT2D eigenvalue weighted by Crippen LogP contribution is -2.27. The van der Waals surface area contributed by atoms with E-state index < -0.39 is 43.0 Å². The van der Waals surface area contributed by atoms with Crippen LogP contribution in [0.2, 0.25) is 0 Å². The minimum atomic E-state index is -4.25. The van der Waals surface area contributed by atoms with Crippen LogP contribution in [0, 0.1) is 22.7 Å². The van der Waals surface area contributed by atoms with Gasteiger partial charge in [0.25, 0.3) is 11.1 Å². The van der Waals surface area contributed by atoms with E-state index in [4.69, 9.17) is 20.3 Å². The number of rotatable bonds is 4. The lowest BCUT2D eigenvalue weighted by Gasteiger charge is -2.16. The lowest BCUT2D eigenvalue weighted by molar-refractivity contribution is 0.568. The summed E-state index contributed by atoms with van der Waals surface area (Å²) in [5.41, 5.74) is 9.49. The molecule has 0 spiro atoms. The monoisotopic (exact) mass is 820 g/mol. The topological polar surface area (TPSA) is 238 Å².